The number of halogens is 2. The molecule has 21 heavy (non-hydrogen) atoms. The molecular weight excluding hydrogens is 337 g/mol. The summed E-state index contributed by atoms with van der Waals surface area (Å²) in [5, 5.41) is 0.292. The first-order valence-electron chi connectivity index (χ1n) is 6.37. The molecule has 0 aliphatic carbocycles. The number of fused-ring (bicyclic) bond motifs is 1. The van der Waals surface area contributed by atoms with Gasteiger partial charge in [0.1, 0.15) is 5.52 Å². The van der Waals surface area contributed by atoms with Crippen molar-refractivity contribution in [2.75, 3.05) is 19.3 Å². The van der Waals surface area contributed by atoms with Crippen molar-refractivity contribution in [3.63, 3.8) is 0 Å². The van der Waals surface area contributed by atoms with Crippen molar-refractivity contribution in [2.24, 2.45) is 0 Å². The van der Waals surface area contributed by atoms with Crippen LogP contribution in [0.5, 0.6) is 0 Å². The Morgan fingerprint density at radius 1 is 1.24 bits per heavy atom. The quantitative estimate of drug-likeness (QED) is 0.609. The number of piperidine rings is 1. The maximum Gasteiger partial charge on any atom is 0.225 e. The van der Waals surface area contributed by atoms with Gasteiger partial charge in [0, 0.05) is 19.1 Å². The lowest BCUT2D eigenvalue weighted by Gasteiger charge is -2.30. The summed E-state index contributed by atoms with van der Waals surface area (Å²) in [7, 11) is -3.13. The van der Waals surface area contributed by atoms with Crippen molar-refractivity contribution >= 4 is 44.4 Å². The van der Waals surface area contributed by atoms with Crippen molar-refractivity contribution in [1.29, 1.82) is 0 Å². The molecule has 0 amide bonds. The Morgan fingerprint density at radius 2 is 1.90 bits per heavy atom. The predicted octanol–water partition coefficient (Wildman–Crippen LogP) is 1.73. The highest BCUT2D eigenvalue weighted by atomic mass is 35.5. The average Bonchev–Trinajstić information content (AvgIpc) is 2.82. The van der Waals surface area contributed by atoms with Gasteiger partial charge in [0.15, 0.2) is 10.8 Å². The molecule has 7 nitrogen and oxygen atoms in total. The van der Waals surface area contributed by atoms with Gasteiger partial charge in [-0.15, -0.1) is 0 Å². The Bertz CT molecular complexity index is 783. The zero-order valence-electron chi connectivity index (χ0n) is 11.2. The van der Waals surface area contributed by atoms with Crippen LogP contribution in [0.25, 0.3) is 11.2 Å². The highest BCUT2D eigenvalue weighted by molar-refractivity contribution is 7.88. The molecule has 1 aliphatic heterocycles. The van der Waals surface area contributed by atoms with Crippen LogP contribution in [0.2, 0.25) is 10.4 Å². The van der Waals surface area contributed by atoms with Gasteiger partial charge in [0.05, 0.1) is 12.6 Å². The number of hydrogen-bond acceptors (Lipinski definition) is 5. The monoisotopic (exact) mass is 349 g/mol. The second-order valence-electron chi connectivity index (χ2n) is 5.00. The molecule has 0 N–H and O–H groups in total. The summed E-state index contributed by atoms with van der Waals surface area (Å²) >= 11 is 11.8. The minimum atomic E-state index is -3.13. The minimum absolute atomic E-state index is 0.0721. The van der Waals surface area contributed by atoms with Crippen LogP contribution in [-0.4, -0.2) is 51.6 Å². The van der Waals surface area contributed by atoms with Crippen molar-refractivity contribution in [2.45, 2.75) is 18.9 Å². The Labute approximate surface area is 132 Å². The van der Waals surface area contributed by atoms with Crippen LogP contribution in [0.4, 0.5) is 0 Å². The van der Waals surface area contributed by atoms with Gasteiger partial charge < -0.3 is 4.57 Å². The number of sulfonamides is 1. The van der Waals surface area contributed by atoms with Gasteiger partial charge in [0.2, 0.25) is 15.3 Å². The fourth-order valence-corrected chi connectivity index (χ4v) is 3.87. The van der Waals surface area contributed by atoms with Crippen LogP contribution in [-0.2, 0) is 10.0 Å². The summed E-state index contributed by atoms with van der Waals surface area (Å²) in [5.74, 6) is 0. The van der Waals surface area contributed by atoms with E-state index in [9.17, 15) is 8.42 Å². The normalized spacial score (nSPS) is 18.4. The molecule has 0 radical (unpaired) electrons. The lowest BCUT2D eigenvalue weighted by Crippen LogP contribution is -2.38. The van der Waals surface area contributed by atoms with Gasteiger partial charge in [-0.3, -0.25) is 0 Å². The number of hydrogen-bond donors (Lipinski definition) is 0. The molecule has 0 bridgehead atoms. The third-order valence-corrected chi connectivity index (χ3v) is 5.37. The van der Waals surface area contributed by atoms with E-state index in [1.54, 1.807) is 6.33 Å². The zero-order chi connectivity index (χ0) is 15.2. The number of rotatable bonds is 2. The maximum atomic E-state index is 11.5. The highest BCUT2D eigenvalue weighted by Crippen LogP contribution is 2.29. The van der Waals surface area contributed by atoms with E-state index in [-0.39, 0.29) is 16.5 Å². The van der Waals surface area contributed by atoms with E-state index >= 15 is 0 Å². The smallest absolute Gasteiger partial charge is 0.225 e. The third kappa shape index (κ3) is 2.85. The lowest BCUT2D eigenvalue weighted by atomic mass is 10.1. The minimum Gasteiger partial charge on any atom is -0.312 e. The van der Waals surface area contributed by atoms with Gasteiger partial charge in [-0.1, -0.05) is 11.6 Å². The maximum absolute atomic E-state index is 11.5. The van der Waals surface area contributed by atoms with E-state index < -0.39 is 10.0 Å². The Morgan fingerprint density at radius 3 is 2.52 bits per heavy atom. The van der Waals surface area contributed by atoms with Crippen molar-refractivity contribution in [1.82, 2.24) is 23.8 Å². The van der Waals surface area contributed by atoms with Crippen LogP contribution >= 0.6 is 23.2 Å². The summed E-state index contributed by atoms with van der Waals surface area (Å²) in [6.45, 7) is 0.964. The van der Waals surface area contributed by atoms with E-state index in [2.05, 4.69) is 15.0 Å². The molecule has 1 aliphatic rings. The second-order valence-corrected chi connectivity index (χ2v) is 7.68. The number of aromatic nitrogens is 4. The zero-order valence-corrected chi connectivity index (χ0v) is 13.5. The van der Waals surface area contributed by atoms with Crippen LogP contribution in [0.3, 0.4) is 0 Å². The average molecular weight is 350 g/mol. The van der Waals surface area contributed by atoms with Crippen molar-refractivity contribution in [3.8, 4) is 0 Å². The van der Waals surface area contributed by atoms with Gasteiger partial charge in [-0.2, -0.15) is 4.98 Å². The Kier molecular flexibility index (Phi) is 3.81. The molecular formula is C11H13Cl2N5O2S. The first-order chi connectivity index (χ1) is 9.86. The molecule has 0 saturated carbocycles. The van der Waals surface area contributed by atoms with Crippen LogP contribution in [0.1, 0.15) is 18.9 Å². The van der Waals surface area contributed by atoms with Gasteiger partial charge in [-0.05, 0) is 24.4 Å². The number of nitrogens with zero attached hydrogens (tertiary/aromatic N) is 5. The SMILES string of the molecule is CS(=O)(=O)N1CCC(n2cnc3c(Cl)nc(Cl)nc32)CC1. The molecule has 3 heterocycles. The van der Waals surface area contributed by atoms with E-state index in [1.807, 2.05) is 4.57 Å². The fourth-order valence-electron chi connectivity index (χ4n) is 2.58. The first-order valence-corrected chi connectivity index (χ1v) is 8.97. The van der Waals surface area contributed by atoms with Crippen LogP contribution < -0.4 is 0 Å². The number of imidazole rings is 1. The first kappa shape index (κ1) is 15.0. The van der Waals surface area contributed by atoms with Crippen LogP contribution in [0.15, 0.2) is 6.33 Å². The molecule has 3 rings (SSSR count). The Balaban J connectivity index is 1.89. The second kappa shape index (κ2) is 5.35. The molecule has 2 aromatic rings. The highest BCUT2D eigenvalue weighted by Gasteiger charge is 2.27. The summed E-state index contributed by atoms with van der Waals surface area (Å²) < 4.78 is 26.4. The van der Waals surface area contributed by atoms with E-state index in [0.29, 0.717) is 37.1 Å². The molecule has 1 saturated heterocycles. The topological polar surface area (TPSA) is 81.0 Å². The van der Waals surface area contributed by atoms with Gasteiger partial charge in [0.25, 0.3) is 0 Å². The van der Waals surface area contributed by atoms with Crippen molar-refractivity contribution in [3.05, 3.63) is 16.8 Å². The van der Waals surface area contributed by atoms with Crippen LogP contribution in [0, 0.1) is 0 Å². The molecule has 10 heteroatoms. The van der Waals surface area contributed by atoms with E-state index in [0.717, 1.165) is 0 Å². The summed E-state index contributed by atoms with van der Waals surface area (Å²) in [4.78, 5) is 12.3. The summed E-state index contributed by atoms with van der Waals surface area (Å²) in [5.41, 5.74) is 1.09. The molecule has 2 aromatic heterocycles. The Hall–Kier alpha value is -0.960. The fraction of sp³-hybridized carbons (Fsp3) is 0.545. The lowest BCUT2D eigenvalue weighted by molar-refractivity contribution is 0.278. The third-order valence-electron chi connectivity index (χ3n) is 3.64. The summed E-state index contributed by atoms with van der Waals surface area (Å²) in [6.07, 6.45) is 4.27. The van der Waals surface area contributed by atoms with Crippen molar-refractivity contribution < 1.29 is 8.42 Å². The van der Waals surface area contributed by atoms with E-state index in [1.165, 1.54) is 10.6 Å². The molecule has 0 atom stereocenters. The van der Waals surface area contributed by atoms with E-state index in [4.69, 9.17) is 23.2 Å². The summed E-state index contributed by atoms with van der Waals surface area (Å²) in [6, 6.07) is 0.120. The largest absolute Gasteiger partial charge is 0.312 e. The van der Waals surface area contributed by atoms with Gasteiger partial charge in [-0.25, -0.2) is 22.7 Å². The molecule has 114 valence electrons. The molecule has 0 spiro atoms. The standard InChI is InChI=1S/C11H13Cl2N5O2S/c1-21(19,20)17-4-2-7(3-5-17)18-6-14-8-9(12)15-11(13)16-10(8)18/h6-7H,2-5H2,1H3. The van der Waals surface area contributed by atoms with Gasteiger partial charge >= 0.3 is 0 Å². The molecule has 1 fully saturated rings. The molecule has 0 aromatic carbocycles. The molecule has 0 unspecified atom stereocenters. The predicted molar refractivity (Wildman–Crippen MR) is 80.0 cm³/mol.